The van der Waals surface area contributed by atoms with E-state index in [1.165, 1.54) is 5.56 Å². The molecule has 2 fully saturated rings. The number of alkyl halides is 1. The summed E-state index contributed by atoms with van der Waals surface area (Å²) in [7, 11) is 0. The third-order valence-corrected chi connectivity index (χ3v) is 8.29. The van der Waals surface area contributed by atoms with Gasteiger partial charge in [-0.05, 0) is 60.4 Å². The summed E-state index contributed by atoms with van der Waals surface area (Å²) in [6.45, 7) is 1.82. The Morgan fingerprint density at radius 1 is 1.00 bits per heavy atom. The van der Waals surface area contributed by atoms with Gasteiger partial charge >= 0.3 is 6.01 Å². The monoisotopic (exact) mass is 522 g/mol. The molecule has 5 rings (SSSR count). The van der Waals surface area contributed by atoms with Gasteiger partial charge in [0, 0.05) is 17.7 Å². The van der Waals surface area contributed by atoms with Gasteiger partial charge in [0.2, 0.25) is 5.91 Å². The average Bonchev–Trinajstić information content (AvgIpc) is 3.71. The molecular formula is C29H32ClFN4O2. The van der Waals surface area contributed by atoms with Crippen LogP contribution in [0.25, 0.3) is 22.8 Å². The number of carbonyl (C=O) groups is 1. The van der Waals surface area contributed by atoms with E-state index in [2.05, 4.69) is 39.3 Å². The molecule has 0 unspecified atom stereocenters. The molecule has 0 bridgehead atoms. The summed E-state index contributed by atoms with van der Waals surface area (Å²) < 4.78 is 14.0. The van der Waals surface area contributed by atoms with Gasteiger partial charge in [-0.2, -0.15) is 9.97 Å². The standard InChI is InChI=1S/C29H32ClFN4O2/c1-28(13-14-28)21-8-6-7-20(16-21)24-33-25(35-27(37)34-24)22-15-19(9-10-23(22)30)17-32-26(36)29(18-31)11-4-2-3-5-12-29/h6-10,15-16H,2-5,11-14,17-18H2,1H3,(H,32,36)(H,33,34,35,37). The van der Waals surface area contributed by atoms with Crippen LogP contribution in [-0.4, -0.2) is 32.6 Å². The summed E-state index contributed by atoms with van der Waals surface area (Å²) >= 11 is 6.50. The van der Waals surface area contributed by atoms with E-state index >= 15 is 0 Å². The van der Waals surface area contributed by atoms with Crippen molar-refractivity contribution < 1.29 is 14.3 Å². The molecule has 1 aromatic heterocycles. The van der Waals surface area contributed by atoms with Crippen molar-refractivity contribution in [2.45, 2.75) is 70.3 Å². The maximum Gasteiger partial charge on any atom is 0.318 e. The van der Waals surface area contributed by atoms with Gasteiger partial charge in [0.15, 0.2) is 11.6 Å². The SMILES string of the molecule is CC1(c2cccc(-c3nc(O)nc(-c4cc(CNC(=O)C5(CF)CCCCCC5)ccc4Cl)n3)c2)CC1. The first-order chi connectivity index (χ1) is 17.8. The van der Waals surface area contributed by atoms with Gasteiger partial charge in [-0.15, -0.1) is 0 Å². The molecule has 3 aromatic rings. The molecule has 1 heterocycles. The minimum absolute atomic E-state index is 0.188. The summed E-state index contributed by atoms with van der Waals surface area (Å²) in [5.41, 5.74) is 2.57. The lowest BCUT2D eigenvalue weighted by atomic mass is 9.80. The van der Waals surface area contributed by atoms with Crippen LogP contribution in [0.5, 0.6) is 6.01 Å². The molecule has 6 nitrogen and oxygen atoms in total. The van der Waals surface area contributed by atoms with Gasteiger partial charge in [-0.1, -0.05) is 68.5 Å². The molecule has 2 saturated carbocycles. The number of rotatable bonds is 7. The third kappa shape index (κ3) is 5.47. The van der Waals surface area contributed by atoms with E-state index in [1.807, 2.05) is 18.2 Å². The maximum atomic E-state index is 14.0. The molecule has 37 heavy (non-hydrogen) atoms. The molecule has 0 atom stereocenters. The fourth-order valence-electron chi connectivity index (χ4n) is 5.17. The number of aromatic hydroxyl groups is 1. The zero-order valence-electron chi connectivity index (χ0n) is 21.1. The van der Waals surface area contributed by atoms with Crippen molar-refractivity contribution in [1.82, 2.24) is 20.3 Å². The number of nitrogens with one attached hydrogen (secondary N) is 1. The molecule has 2 aliphatic carbocycles. The highest BCUT2D eigenvalue weighted by atomic mass is 35.5. The summed E-state index contributed by atoms with van der Waals surface area (Å²) in [5.74, 6) is 0.368. The normalized spacial score (nSPS) is 18.1. The molecular weight excluding hydrogens is 491 g/mol. The molecule has 0 aliphatic heterocycles. The number of carbonyl (C=O) groups excluding carboxylic acids is 1. The second-order valence-electron chi connectivity index (χ2n) is 10.7. The van der Waals surface area contributed by atoms with E-state index in [1.54, 1.807) is 12.1 Å². The molecule has 8 heteroatoms. The first-order valence-electron chi connectivity index (χ1n) is 13.0. The van der Waals surface area contributed by atoms with Crippen LogP contribution in [0.15, 0.2) is 42.5 Å². The fraction of sp³-hybridized carbons (Fsp3) is 0.448. The first-order valence-corrected chi connectivity index (χ1v) is 13.4. The fourth-order valence-corrected chi connectivity index (χ4v) is 5.38. The predicted octanol–water partition coefficient (Wildman–Crippen LogP) is 6.54. The van der Waals surface area contributed by atoms with Gasteiger partial charge in [0.1, 0.15) is 6.67 Å². The highest BCUT2D eigenvalue weighted by Crippen LogP contribution is 2.48. The van der Waals surface area contributed by atoms with Gasteiger partial charge in [0.05, 0.1) is 10.4 Å². The maximum absolute atomic E-state index is 14.0. The van der Waals surface area contributed by atoms with Crippen LogP contribution in [0.3, 0.4) is 0 Å². The van der Waals surface area contributed by atoms with E-state index in [-0.39, 0.29) is 23.7 Å². The number of aromatic nitrogens is 3. The lowest BCUT2D eigenvalue weighted by Gasteiger charge is -2.28. The van der Waals surface area contributed by atoms with Crippen molar-refractivity contribution >= 4 is 17.5 Å². The number of nitrogens with zero attached hydrogens (tertiary/aromatic N) is 3. The quantitative estimate of drug-likeness (QED) is 0.344. The highest BCUT2D eigenvalue weighted by Gasteiger charge is 2.39. The van der Waals surface area contributed by atoms with E-state index in [9.17, 15) is 14.3 Å². The van der Waals surface area contributed by atoms with Gasteiger partial charge in [-0.25, -0.2) is 9.37 Å². The average molecular weight is 523 g/mol. The Balaban J connectivity index is 1.39. The van der Waals surface area contributed by atoms with Crippen LogP contribution in [0.4, 0.5) is 4.39 Å². The summed E-state index contributed by atoms with van der Waals surface area (Å²) in [4.78, 5) is 25.9. The largest absolute Gasteiger partial charge is 0.479 e. The molecule has 1 amide bonds. The molecule has 2 aliphatic rings. The second-order valence-corrected chi connectivity index (χ2v) is 11.2. The lowest BCUT2D eigenvalue weighted by Crippen LogP contribution is -2.42. The zero-order chi connectivity index (χ0) is 26.0. The van der Waals surface area contributed by atoms with Crippen molar-refractivity contribution in [1.29, 1.82) is 0 Å². The Kier molecular flexibility index (Phi) is 7.17. The molecule has 194 valence electrons. The second kappa shape index (κ2) is 10.4. The number of benzene rings is 2. The van der Waals surface area contributed by atoms with Crippen LogP contribution >= 0.6 is 11.6 Å². The van der Waals surface area contributed by atoms with E-state index in [4.69, 9.17) is 11.6 Å². The lowest BCUT2D eigenvalue weighted by molar-refractivity contribution is -0.133. The van der Waals surface area contributed by atoms with Crippen LogP contribution in [0.2, 0.25) is 5.02 Å². The highest BCUT2D eigenvalue weighted by molar-refractivity contribution is 6.33. The summed E-state index contributed by atoms with van der Waals surface area (Å²) in [6, 6.07) is 13.0. The van der Waals surface area contributed by atoms with Crippen LogP contribution in [-0.2, 0) is 16.8 Å². The molecule has 0 radical (unpaired) electrons. The van der Waals surface area contributed by atoms with Gasteiger partial charge < -0.3 is 10.4 Å². The van der Waals surface area contributed by atoms with Crippen molar-refractivity contribution in [3.05, 3.63) is 58.6 Å². The smallest absolute Gasteiger partial charge is 0.318 e. The van der Waals surface area contributed by atoms with Crippen LogP contribution in [0.1, 0.15) is 69.4 Å². The van der Waals surface area contributed by atoms with Crippen molar-refractivity contribution in [2.24, 2.45) is 5.41 Å². The molecule has 2 N–H and O–H groups in total. The number of amides is 1. The first kappa shape index (κ1) is 25.6. The summed E-state index contributed by atoms with van der Waals surface area (Å²) in [6.07, 6.45) is 7.28. The Hall–Kier alpha value is -3.06. The minimum atomic E-state index is -0.938. The summed E-state index contributed by atoms with van der Waals surface area (Å²) in [5, 5.41) is 13.7. The minimum Gasteiger partial charge on any atom is -0.479 e. The predicted molar refractivity (Wildman–Crippen MR) is 142 cm³/mol. The van der Waals surface area contributed by atoms with Crippen LogP contribution in [0, 0.1) is 5.41 Å². The van der Waals surface area contributed by atoms with Gasteiger partial charge in [0.25, 0.3) is 0 Å². The van der Waals surface area contributed by atoms with Crippen LogP contribution < -0.4 is 5.32 Å². The van der Waals surface area contributed by atoms with E-state index in [0.29, 0.717) is 29.3 Å². The topological polar surface area (TPSA) is 88.0 Å². The molecule has 0 saturated heterocycles. The Morgan fingerprint density at radius 3 is 2.43 bits per heavy atom. The zero-order valence-corrected chi connectivity index (χ0v) is 21.8. The van der Waals surface area contributed by atoms with Crippen molar-refractivity contribution in [3.8, 4) is 28.8 Å². The van der Waals surface area contributed by atoms with E-state index in [0.717, 1.165) is 49.7 Å². The van der Waals surface area contributed by atoms with Gasteiger partial charge in [-0.3, -0.25) is 4.79 Å². The molecule has 0 spiro atoms. The Morgan fingerprint density at radius 2 is 1.73 bits per heavy atom. The molecule has 2 aromatic carbocycles. The number of halogens is 2. The third-order valence-electron chi connectivity index (χ3n) is 7.96. The Labute approximate surface area is 221 Å². The van der Waals surface area contributed by atoms with Crippen molar-refractivity contribution in [3.63, 3.8) is 0 Å². The van der Waals surface area contributed by atoms with E-state index < -0.39 is 18.1 Å². The number of hydrogen-bond donors (Lipinski definition) is 2. The van der Waals surface area contributed by atoms with Crippen molar-refractivity contribution in [2.75, 3.05) is 6.67 Å². The Bertz CT molecular complexity index is 1300. The number of hydrogen-bond acceptors (Lipinski definition) is 5.